The molecular formula is C39H45F9N6S3. The van der Waals surface area contributed by atoms with E-state index >= 15 is 0 Å². The maximum atomic E-state index is 13.1. The highest BCUT2D eigenvalue weighted by Crippen LogP contribution is 2.47. The van der Waals surface area contributed by atoms with E-state index in [1.807, 2.05) is 41.5 Å². The van der Waals surface area contributed by atoms with Gasteiger partial charge in [0.15, 0.2) is 15.3 Å². The van der Waals surface area contributed by atoms with E-state index < -0.39 is 51.8 Å². The highest BCUT2D eigenvalue weighted by molar-refractivity contribution is 7.80. The second kappa shape index (κ2) is 17.1. The molecule has 0 spiro atoms. The Morgan fingerprint density at radius 2 is 0.596 bits per heavy atom. The Labute approximate surface area is 342 Å². The first-order chi connectivity index (χ1) is 26.0. The molecule has 0 bridgehead atoms. The molecule has 0 heterocycles. The van der Waals surface area contributed by atoms with Crippen LogP contribution in [0.15, 0.2) is 72.8 Å². The van der Waals surface area contributed by atoms with Gasteiger partial charge >= 0.3 is 18.5 Å². The minimum Gasteiger partial charge on any atom is -0.357 e. The topological polar surface area (TPSA) is 72.2 Å². The molecule has 0 amide bonds. The van der Waals surface area contributed by atoms with Crippen LogP contribution >= 0.6 is 36.7 Å². The van der Waals surface area contributed by atoms with Gasteiger partial charge in [-0.25, -0.2) is 0 Å². The average molecular weight is 865 g/mol. The lowest BCUT2D eigenvalue weighted by molar-refractivity contribution is -0.138. The van der Waals surface area contributed by atoms with Crippen molar-refractivity contribution in [2.45, 2.75) is 96.0 Å². The van der Waals surface area contributed by atoms with E-state index in [2.05, 4.69) is 31.9 Å². The Balaban J connectivity index is 1.54. The Bertz CT molecular complexity index is 1650. The van der Waals surface area contributed by atoms with Gasteiger partial charge < -0.3 is 31.9 Å². The van der Waals surface area contributed by atoms with E-state index in [0.717, 1.165) is 36.4 Å². The summed E-state index contributed by atoms with van der Waals surface area (Å²) in [6.45, 7) is 11.9. The summed E-state index contributed by atoms with van der Waals surface area (Å²) in [4.78, 5) is 0. The maximum absolute atomic E-state index is 13.1. The van der Waals surface area contributed by atoms with Crippen molar-refractivity contribution in [1.82, 2.24) is 16.0 Å². The summed E-state index contributed by atoms with van der Waals surface area (Å²) in [6.07, 6.45) is -11.5. The minimum absolute atomic E-state index is 0.0661. The molecule has 4 rings (SSSR count). The predicted octanol–water partition coefficient (Wildman–Crippen LogP) is 11.4. The van der Waals surface area contributed by atoms with Crippen molar-refractivity contribution in [3.8, 4) is 0 Å². The van der Waals surface area contributed by atoms with Crippen LogP contribution in [0.4, 0.5) is 56.6 Å². The minimum atomic E-state index is -4.48. The quantitative estimate of drug-likeness (QED) is 0.0932. The van der Waals surface area contributed by atoms with Crippen LogP contribution in [-0.4, -0.2) is 32.0 Å². The average Bonchev–Trinajstić information content (AvgIpc) is 3.06. The first-order valence-corrected chi connectivity index (χ1v) is 19.1. The van der Waals surface area contributed by atoms with E-state index in [1.54, 1.807) is 0 Å². The largest absolute Gasteiger partial charge is 0.416 e. The first-order valence-electron chi connectivity index (χ1n) is 17.8. The fraction of sp³-hybridized carbons (Fsp3) is 0.462. The van der Waals surface area contributed by atoms with E-state index in [9.17, 15) is 39.5 Å². The molecule has 0 unspecified atom stereocenters. The van der Waals surface area contributed by atoms with Crippen LogP contribution in [0.1, 0.15) is 77.5 Å². The number of hydrogen-bond donors (Lipinski definition) is 6. The van der Waals surface area contributed by atoms with Crippen molar-refractivity contribution < 1.29 is 39.5 Å². The number of nitrogens with one attached hydrogen (secondary N) is 6. The zero-order valence-electron chi connectivity index (χ0n) is 31.9. The molecular weight excluding hydrogens is 820 g/mol. The molecule has 3 aromatic carbocycles. The molecule has 0 aromatic heterocycles. The van der Waals surface area contributed by atoms with Gasteiger partial charge in [0.1, 0.15) is 0 Å². The summed E-state index contributed by atoms with van der Waals surface area (Å²) in [5.41, 5.74) is -3.27. The molecule has 1 saturated carbocycles. The van der Waals surface area contributed by atoms with Gasteiger partial charge in [0, 0.05) is 33.7 Å². The van der Waals surface area contributed by atoms with Gasteiger partial charge in [-0.15, -0.1) is 0 Å². The molecule has 0 radical (unpaired) electrons. The van der Waals surface area contributed by atoms with Gasteiger partial charge in [0.05, 0.1) is 16.7 Å². The van der Waals surface area contributed by atoms with Crippen molar-refractivity contribution in [2.24, 2.45) is 17.8 Å². The first kappa shape index (κ1) is 45.8. The molecule has 1 aliphatic rings. The van der Waals surface area contributed by atoms with Gasteiger partial charge in [-0.1, -0.05) is 0 Å². The number of halogens is 9. The number of alkyl halides is 9. The number of anilines is 3. The zero-order valence-corrected chi connectivity index (χ0v) is 34.4. The van der Waals surface area contributed by atoms with E-state index in [-0.39, 0.29) is 33.1 Å². The summed E-state index contributed by atoms with van der Waals surface area (Å²) >= 11 is 16.8. The number of thiocarbonyl (C=S) groups is 3. The van der Waals surface area contributed by atoms with Crippen molar-refractivity contribution >= 4 is 69.1 Å². The van der Waals surface area contributed by atoms with Crippen LogP contribution in [0.5, 0.6) is 0 Å². The standard InChI is InChI=1S/C39H45F9N6S3/c1-34(2,52-31(55)49-28-13-7-22(8-14-28)37(40,41)42)25-19-26(35(3,4)53-32(56)50-29-15-9-23(10-16-29)38(43,44)45)21-27(20-25)36(5,6)54-33(57)51-30-17-11-24(12-18-30)39(46,47)48/h7-18,25-27H,19-21H2,1-6H3,(H2,49,52,55)(H2,50,53,56)(H2,51,54,57). The van der Waals surface area contributed by atoms with Crippen LogP contribution in [0.3, 0.4) is 0 Å². The fourth-order valence-electron chi connectivity index (χ4n) is 6.99. The molecule has 3 aromatic rings. The van der Waals surface area contributed by atoms with Crippen LogP contribution in [0, 0.1) is 17.8 Å². The predicted molar refractivity (Wildman–Crippen MR) is 219 cm³/mol. The van der Waals surface area contributed by atoms with Crippen molar-refractivity contribution in [3.05, 3.63) is 89.5 Å². The normalized spacial score (nSPS) is 18.3. The molecule has 0 aliphatic heterocycles. The van der Waals surface area contributed by atoms with Gasteiger partial charge in [-0.3, -0.25) is 0 Å². The van der Waals surface area contributed by atoms with Crippen LogP contribution in [-0.2, 0) is 18.5 Å². The molecule has 6 nitrogen and oxygen atoms in total. The lowest BCUT2D eigenvalue weighted by atomic mass is 9.60. The summed E-state index contributed by atoms with van der Waals surface area (Å²) in [6, 6.07) is 13.5. The lowest BCUT2D eigenvalue weighted by Crippen LogP contribution is -2.60. The van der Waals surface area contributed by atoms with Crippen molar-refractivity contribution in [1.29, 1.82) is 0 Å². The number of rotatable bonds is 9. The van der Waals surface area contributed by atoms with E-state index in [1.165, 1.54) is 36.4 Å². The summed E-state index contributed by atoms with van der Waals surface area (Å²) in [7, 11) is 0. The van der Waals surface area contributed by atoms with Gasteiger partial charge in [0.25, 0.3) is 0 Å². The number of benzene rings is 3. The molecule has 0 atom stereocenters. The third kappa shape index (κ3) is 12.8. The second-order valence-corrected chi connectivity index (χ2v) is 17.2. The van der Waals surface area contributed by atoms with E-state index in [0.29, 0.717) is 36.3 Å². The Kier molecular flexibility index (Phi) is 13.8. The second-order valence-electron chi connectivity index (χ2n) is 15.9. The van der Waals surface area contributed by atoms with Crippen LogP contribution in [0.25, 0.3) is 0 Å². The van der Waals surface area contributed by atoms with Crippen molar-refractivity contribution in [2.75, 3.05) is 16.0 Å². The Morgan fingerprint density at radius 3 is 0.772 bits per heavy atom. The van der Waals surface area contributed by atoms with Crippen LogP contribution in [0.2, 0.25) is 0 Å². The molecule has 18 heteroatoms. The smallest absolute Gasteiger partial charge is 0.357 e. The van der Waals surface area contributed by atoms with Gasteiger partial charge in [0.2, 0.25) is 0 Å². The highest BCUT2D eigenvalue weighted by atomic mass is 32.1. The van der Waals surface area contributed by atoms with E-state index in [4.69, 9.17) is 36.7 Å². The molecule has 1 aliphatic carbocycles. The Hall–Kier alpha value is -3.90. The third-order valence-corrected chi connectivity index (χ3v) is 11.1. The summed E-state index contributed by atoms with van der Waals surface area (Å²) in [5, 5.41) is 19.6. The fourth-order valence-corrected chi connectivity index (χ4v) is 8.13. The van der Waals surface area contributed by atoms with Crippen LogP contribution < -0.4 is 31.9 Å². The lowest BCUT2D eigenvalue weighted by Gasteiger charge is -2.52. The SMILES string of the molecule is CC(C)(NC(=S)Nc1ccc(C(F)(F)F)cc1)C1CC(C(C)(C)NC(=S)Nc2ccc(C(F)(F)F)cc2)CC(C(C)(C)NC(=S)Nc2ccc(C(F)(F)F)cc2)C1. The van der Waals surface area contributed by atoms with Gasteiger partial charge in [-0.2, -0.15) is 39.5 Å². The van der Waals surface area contributed by atoms with Gasteiger partial charge in [-0.05, 0) is 188 Å². The number of hydrogen-bond acceptors (Lipinski definition) is 3. The molecule has 6 N–H and O–H groups in total. The zero-order chi connectivity index (χ0) is 42.8. The maximum Gasteiger partial charge on any atom is 0.416 e. The molecule has 57 heavy (non-hydrogen) atoms. The Morgan fingerprint density at radius 1 is 0.404 bits per heavy atom. The van der Waals surface area contributed by atoms with Crippen molar-refractivity contribution in [3.63, 3.8) is 0 Å². The highest BCUT2D eigenvalue weighted by Gasteiger charge is 2.47. The molecule has 312 valence electrons. The molecule has 0 saturated heterocycles. The summed E-state index contributed by atoms with van der Waals surface area (Å²) in [5.74, 6) is -0.198. The molecule has 1 fully saturated rings. The monoisotopic (exact) mass is 864 g/mol. The third-order valence-electron chi connectivity index (χ3n) is 10.5. The summed E-state index contributed by atoms with van der Waals surface area (Å²) < 4.78 is 118.